The van der Waals surface area contributed by atoms with Gasteiger partial charge in [-0.1, -0.05) is 18.2 Å². The van der Waals surface area contributed by atoms with Crippen LogP contribution in [0.2, 0.25) is 0 Å². The van der Waals surface area contributed by atoms with Gasteiger partial charge in [0.2, 0.25) is 0 Å². The number of nitriles is 1. The van der Waals surface area contributed by atoms with E-state index in [1.807, 2.05) is 53.8 Å². The maximum Gasteiger partial charge on any atom is 0.271 e. The standard InChI is InChI=1S/C27H23IN4O6/c1-3-37-24-13-18(11-19(15-29)27(34)31-21-8-5-9-22(14-21)32(35)36)12-23(28)26(24)38-16-25(33)30-20-7-4-6-17(2)10-20/h4-14H,3,16H2,1-2H3,(H,30,33)(H,31,34)/b19-11+. The van der Waals surface area contributed by atoms with E-state index in [1.54, 1.807) is 25.1 Å². The van der Waals surface area contributed by atoms with Gasteiger partial charge in [-0.2, -0.15) is 5.26 Å². The van der Waals surface area contributed by atoms with E-state index in [0.717, 1.165) is 5.56 Å². The van der Waals surface area contributed by atoms with Crippen molar-refractivity contribution in [2.24, 2.45) is 0 Å². The van der Waals surface area contributed by atoms with E-state index in [2.05, 4.69) is 10.6 Å². The van der Waals surface area contributed by atoms with Crippen LogP contribution < -0.4 is 20.1 Å². The Balaban J connectivity index is 1.78. The Kier molecular flexibility index (Phi) is 9.78. The molecule has 0 fully saturated rings. The van der Waals surface area contributed by atoms with Gasteiger partial charge in [0.05, 0.1) is 15.1 Å². The summed E-state index contributed by atoms with van der Waals surface area (Å²) in [5.74, 6) is -0.384. The number of non-ortho nitro benzene ring substituents is 1. The molecule has 0 saturated carbocycles. The second-order valence-corrected chi connectivity index (χ2v) is 9.06. The number of nitro benzene ring substituents is 1. The topological polar surface area (TPSA) is 144 Å². The van der Waals surface area contributed by atoms with Crippen LogP contribution in [0, 0.1) is 31.9 Å². The lowest BCUT2D eigenvalue weighted by Crippen LogP contribution is -2.20. The second-order valence-electron chi connectivity index (χ2n) is 7.90. The van der Waals surface area contributed by atoms with Crippen molar-refractivity contribution in [3.63, 3.8) is 0 Å². The quantitative estimate of drug-likeness (QED) is 0.0999. The second kappa shape index (κ2) is 13.2. The number of nitrogens with one attached hydrogen (secondary N) is 2. The van der Waals surface area contributed by atoms with E-state index in [9.17, 15) is 25.0 Å². The maximum atomic E-state index is 12.7. The van der Waals surface area contributed by atoms with Crippen LogP contribution in [-0.4, -0.2) is 30.0 Å². The van der Waals surface area contributed by atoms with E-state index in [1.165, 1.54) is 30.3 Å². The minimum Gasteiger partial charge on any atom is -0.490 e. The zero-order valence-electron chi connectivity index (χ0n) is 20.5. The normalized spacial score (nSPS) is 10.7. The van der Waals surface area contributed by atoms with Crippen molar-refractivity contribution in [3.8, 4) is 17.6 Å². The Morgan fingerprint density at radius 2 is 1.79 bits per heavy atom. The maximum absolute atomic E-state index is 12.7. The molecule has 10 nitrogen and oxygen atoms in total. The molecule has 0 spiro atoms. The zero-order valence-corrected chi connectivity index (χ0v) is 22.6. The van der Waals surface area contributed by atoms with Crippen LogP contribution in [-0.2, 0) is 9.59 Å². The Bertz CT molecular complexity index is 1450. The van der Waals surface area contributed by atoms with Gasteiger partial charge >= 0.3 is 0 Å². The molecule has 3 aromatic carbocycles. The number of rotatable bonds is 10. The molecule has 0 aromatic heterocycles. The fourth-order valence-electron chi connectivity index (χ4n) is 3.34. The van der Waals surface area contributed by atoms with Crippen molar-refractivity contribution in [1.82, 2.24) is 0 Å². The van der Waals surface area contributed by atoms with Crippen molar-refractivity contribution < 1.29 is 24.0 Å². The van der Waals surface area contributed by atoms with Gasteiger partial charge in [-0.25, -0.2) is 0 Å². The summed E-state index contributed by atoms with van der Waals surface area (Å²) in [6, 6.07) is 17.9. The Labute approximate surface area is 232 Å². The first kappa shape index (κ1) is 28.1. The fourth-order valence-corrected chi connectivity index (χ4v) is 4.12. The van der Waals surface area contributed by atoms with E-state index >= 15 is 0 Å². The molecule has 0 aliphatic heterocycles. The van der Waals surface area contributed by atoms with Crippen LogP contribution in [0.1, 0.15) is 18.1 Å². The number of nitrogens with zero attached hydrogens (tertiary/aromatic N) is 2. The van der Waals surface area contributed by atoms with Crippen LogP contribution in [0.25, 0.3) is 6.08 Å². The molecule has 0 heterocycles. The Morgan fingerprint density at radius 3 is 2.45 bits per heavy atom. The highest BCUT2D eigenvalue weighted by atomic mass is 127. The highest BCUT2D eigenvalue weighted by molar-refractivity contribution is 14.1. The third kappa shape index (κ3) is 7.78. The van der Waals surface area contributed by atoms with E-state index in [0.29, 0.717) is 32.9 Å². The van der Waals surface area contributed by atoms with E-state index in [4.69, 9.17) is 9.47 Å². The van der Waals surface area contributed by atoms with Gasteiger partial charge in [0.1, 0.15) is 11.6 Å². The number of halogens is 1. The number of benzene rings is 3. The number of carbonyl (C=O) groups excluding carboxylic acids is 2. The summed E-state index contributed by atoms with van der Waals surface area (Å²) in [6.45, 7) is 3.77. The monoisotopic (exact) mass is 626 g/mol. The molecule has 2 amide bonds. The molecule has 3 rings (SSSR count). The summed E-state index contributed by atoms with van der Waals surface area (Å²) in [4.78, 5) is 35.5. The minimum absolute atomic E-state index is 0.183. The van der Waals surface area contributed by atoms with Gasteiger partial charge in [0.25, 0.3) is 17.5 Å². The summed E-state index contributed by atoms with van der Waals surface area (Å²) < 4.78 is 12.1. The smallest absolute Gasteiger partial charge is 0.271 e. The third-order valence-electron chi connectivity index (χ3n) is 4.97. The average Bonchev–Trinajstić information content (AvgIpc) is 2.87. The summed E-state index contributed by atoms with van der Waals surface area (Å²) in [7, 11) is 0. The summed E-state index contributed by atoms with van der Waals surface area (Å²) in [5, 5.41) is 25.8. The largest absolute Gasteiger partial charge is 0.490 e. The molecule has 38 heavy (non-hydrogen) atoms. The molecule has 11 heteroatoms. The SMILES string of the molecule is CCOc1cc(/C=C(\C#N)C(=O)Nc2cccc([N+](=O)[O-])c2)cc(I)c1OCC(=O)Nc1cccc(C)c1. The highest BCUT2D eigenvalue weighted by Gasteiger charge is 2.16. The molecular weight excluding hydrogens is 603 g/mol. The molecule has 0 radical (unpaired) electrons. The molecule has 0 atom stereocenters. The van der Waals surface area contributed by atoms with Crippen molar-refractivity contribution >= 4 is 57.5 Å². The van der Waals surface area contributed by atoms with Crippen molar-refractivity contribution in [3.05, 3.63) is 91.0 Å². The predicted octanol–water partition coefficient (Wildman–Crippen LogP) is 5.47. The number of nitro groups is 1. The fraction of sp³-hybridized carbons (Fsp3) is 0.148. The lowest BCUT2D eigenvalue weighted by atomic mass is 10.1. The van der Waals surface area contributed by atoms with Gasteiger partial charge in [-0.3, -0.25) is 19.7 Å². The van der Waals surface area contributed by atoms with E-state index < -0.39 is 10.8 Å². The first-order chi connectivity index (χ1) is 18.2. The van der Waals surface area contributed by atoms with Crippen LogP contribution in [0.5, 0.6) is 11.5 Å². The Morgan fingerprint density at radius 1 is 1.08 bits per heavy atom. The van der Waals surface area contributed by atoms with Gasteiger partial charge in [-0.05, 0) is 84.0 Å². The molecule has 0 unspecified atom stereocenters. The number of ether oxygens (including phenoxy) is 2. The van der Waals surface area contributed by atoms with Crippen molar-refractivity contribution in [2.45, 2.75) is 13.8 Å². The molecule has 0 saturated heterocycles. The summed E-state index contributed by atoms with van der Waals surface area (Å²) in [6.07, 6.45) is 1.37. The predicted molar refractivity (Wildman–Crippen MR) is 151 cm³/mol. The minimum atomic E-state index is -0.728. The third-order valence-corrected chi connectivity index (χ3v) is 5.77. The number of anilines is 2. The van der Waals surface area contributed by atoms with Gasteiger partial charge in [0, 0.05) is 23.5 Å². The number of aryl methyl sites for hydroxylation is 1. The molecule has 194 valence electrons. The van der Waals surface area contributed by atoms with Crippen LogP contribution >= 0.6 is 22.6 Å². The number of hydrogen-bond acceptors (Lipinski definition) is 7. The molecular formula is C27H23IN4O6. The zero-order chi connectivity index (χ0) is 27.7. The Hall–Kier alpha value is -4.44. The summed E-state index contributed by atoms with van der Waals surface area (Å²) >= 11 is 2.02. The van der Waals surface area contributed by atoms with Gasteiger partial charge in [0.15, 0.2) is 18.1 Å². The van der Waals surface area contributed by atoms with Crippen molar-refractivity contribution in [1.29, 1.82) is 5.26 Å². The summed E-state index contributed by atoms with van der Waals surface area (Å²) in [5.41, 5.74) is 1.93. The van der Waals surface area contributed by atoms with Crippen LogP contribution in [0.3, 0.4) is 0 Å². The molecule has 0 aliphatic rings. The molecule has 3 aromatic rings. The molecule has 2 N–H and O–H groups in total. The van der Waals surface area contributed by atoms with Gasteiger partial charge < -0.3 is 20.1 Å². The van der Waals surface area contributed by atoms with Crippen LogP contribution in [0.15, 0.2) is 66.2 Å². The highest BCUT2D eigenvalue weighted by Crippen LogP contribution is 2.35. The van der Waals surface area contributed by atoms with Crippen molar-refractivity contribution in [2.75, 3.05) is 23.8 Å². The van der Waals surface area contributed by atoms with E-state index in [-0.39, 0.29) is 29.5 Å². The van der Waals surface area contributed by atoms with Crippen LogP contribution in [0.4, 0.5) is 17.1 Å². The lowest BCUT2D eigenvalue weighted by Gasteiger charge is -2.15. The average molecular weight is 626 g/mol. The molecule has 0 aliphatic carbocycles. The first-order valence-corrected chi connectivity index (χ1v) is 12.4. The first-order valence-electron chi connectivity index (χ1n) is 11.3. The lowest BCUT2D eigenvalue weighted by molar-refractivity contribution is -0.384. The van der Waals surface area contributed by atoms with Gasteiger partial charge in [-0.15, -0.1) is 0 Å². The molecule has 0 bridgehead atoms. The number of carbonyl (C=O) groups is 2. The number of amides is 2. The number of hydrogen-bond donors (Lipinski definition) is 2.